The summed E-state index contributed by atoms with van der Waals surface area (Å²) in [4.78, 5) is 9.74. The summed E-state index contributed by atoms with van der Waals surface area (Å²) in [5.41, 5.74) is 4.87. The zero-order valence-corrected chi connectivity index (χ0v) is 14.8. The molecule has 127 valence electrons. The number of piperazine rings is 1. The van der Waals surface area contributed by atoms with E-state index in [4.69, 9.17) is 0 Å². The number of hydrogen-bond acceptors (Lipinski definition) is 3. The van der Waals surface area contributed by atoms with Crippen LogP contribution in [0.2, 0.25) is 0 Å². The lowest BCUT2D eigenvalue weighted by atomic mass is 10.1. The van der Waals surface area contributed by atoms with Crippen LogP contribution in [0.15, 0.2) is 54.6 Å². The normalized spacial score (nSPS) is 15.6. The minimum Gasteiger partial charge on any atom is -0.368 e. The van der Waals surface area contributed by atoms with Gasteiger partial charge in [0, 0.05) is 49.5 Å². The standard InChI is InChI=1S/C22H24N3/c1-18-10-11-20-21(23-18)8-5-9-22(20)25-16-14-24(15-17-25)13-12-19-6-3-2-4-7-19/h2-3,5-11H,12-17H2,1H3. The van der Waals surface area contributed by atoms with Crippen LogP contribution in [-0.4, -0.2) is 42.6 Å². The molecule has 0 N–H and O–H groups in total. The molecule has 25 heavy (non-hydrogen) atoms. The van der Waals surface area contributed by atoms with Crippen molar-refractivity contribution in [2.24, 2.45) is 0 Å². The third-order valence-electron chi connectivity index (χ3n) is 5.05. The lowest BCUT2D eigenvalue weighted by molar-refractivity contribution is 0.261. The summed E-state index contributed by atoms with van der Waals surface area (Å²) in [7, 11) is 0. The topological polar surface area (TPSA) is 19.4 Å². The van der Waals surface area contributed by atoms with Crippen molar-refractivity contribution < 1.29 is 0 Å². The average molecular weight is 330 g/mol. The Balaban J connectivity index is 1.40. The first-order valence-corrected chi connectivity index (χ1v) is 9.08. The maximum atomic E-state index is 4.67. The zero-order valence-electron chi connectivity index (χ0n) is 14.8. The molecule has 1 aliphatic heterocycles. The highest BCUT2D eigenvalue weighted by atomic mass is 15.3. The highest BCUT2D eigenvalue weighted by molar-refractivity contribution is 5.92. The van der Waals surface area contributed by atoms with Crippen LogP contribution in [0.1, 0.15) is 11.3 Å². The summed E-state index contributed by atoms with van der Waals surface area (Å²) in [5, 5.41) is 1.27. The number of pyridine rings is 1. The molecule has 0 saturated carbocycles. The van der Waals surface area contributed by atoms with Gasteiger partial charge >= 0.3 is 0 Å². The fraction of sp³-hybridized carbons (Fsp3) is 0.318. The van der Waals surface area contributed by atoms with Crippen LogP contribution in [0.5, 0.6) is 0 Å². The first-order valence-electron chi connectivity index (χ1n) is 9.08. The smallest absolute Gasteiger partial charge is 0.0726 e. The van der Waals surface area contributed by atoms with Crippen LogP contribution in [0.25, 0.3) is 10.9 Å². The third-order valence-corrected chi connectivity index (χ3v) is 5.05. The Hall–Kier alpha value is -2.39. The van der Waals surface area contributed by atoms with Crippen LogP contribution >= 0.6 is 0 Å². The Bertz CT molecular complexity index is 836. The SMILES string of the molecule is Cc1ccc2c(N3CCN(CCc4c[c]ccc4)CC3)cccc2n1. The highest BCUT2D eigenvalue weighted by Crippen LogP contribution is 2.27. The number of anilines is 1. The maximum absolute atomic E-state index is 4.67. The molecule has 4 rings (SSSR count). The summed E-state index contributed by atoms with van der Waals surface area (Å²) in [5.74, 6) is 0. The van der Waals surface area contributed by atoms with Crippen molar-refractivity contribution in [3.05, 3.63) is 71.9 Å². The molecule has 0 spiro atoms. The third kappa shape index (κ3) is 3.67. The number of fused-ring (bicyclic) bond motifs is 1. The van der Waals surface area contributed by atoms with Gasteiger partial charge in [-0.25, -0.2) is 0 Å². The van der Waals surface area contributed by atoms with Gasteiger partial charge in [-0.3, -0.25) is 9.88 Å². The molecule has 2 aromatic carbocycles. The number of aryl methyl sites for hydroxylation is 1. The van der Waals surface area contributed by atoms with Gasteiger partial charge in [0.1, 0.15) is 0 Å². The Morgan fingerprint density at radius 3 is 2.68 bits per heavy atom. The van der Waals surface area contributed by atoms with E-state index in [0.29, 0.717) is 0 Å². The van der Waals surface area contributed by atoms with Gasteiger partial charge < -0.3 is 4.90 Å². The van der Waals surface area contributed by atoms with E-state index in [0.717, 1.165) is 50.4 Å². The Morgan fingerprint density at radius 2 is 1.88 bits per heavy atom. The molecule has 1 fully saturated rings. The summed E-state index contributed by atoms with van der Waals surface area (Å²) < 4.78 is 0. The Kier molecular flexibility index (Phi) is 4.66. The van der Waals surface area contributed by atoms with Crippen molar-refractivity contribution in [3.63, 3.8) is 0 Å². The van der Waals surface area contributed by atoms with Gasteiger partial charge in [0.25, 0.3) is 0 Å². The number of nitrogens with zero attached hydrogens (tertiary/aromatic N) is 3. The number of aromatic nitrogens is 1. The lowest BCUT2D eigenvalue weighted by Gasteiger charge is -2.36. The fourth-order valence-corrected chi connectivity index (χ4v) is 3.60. The van der Waals surface area contributed by atoms with E-state index in [-0.39, 0.29) is 0 Å². The van der Waals surface area contributed by atoms with Gasteiger partial charge in [0.2, 0.25) is 0 Å². The lowest BCUT2D eigenvalue weighted by Crippen LogP contribution is -2.47. The van der Waals surface area contributed by atoms with Crippen molar-refractivity contribution >= 4 is 16.6 Å². The second kappa shape index (κ2) is 7.24. The number of benzene rings is 2. The Labute approximate surface area is 149 Å². The van der Waals surface area contributed by atoms with E-state index in [1.807, 2.05) is 6.07 Å². The monoisotopic (exact) mass is 330 g/mol. The largest absolute Gasteiger partial charge is 0.368 e. The summed E-state index contributed by atoms with van der Waals surface area (Å²) in [6.45, 7) is 7.57. The average Bonchev–Trinajstić information content (AvgIpc) is 2.67. The van der Waals surface area contributed by atoms with Crippen LogP contribution < -0.4 is 4.90 Å². The molecule has 0 unspecified atom stereocenters. The van der Waals surface area contributed by atoms with Crippen LogP contribution in [-0.2, 0) is 6.42 Å². The molecule has 0 atom stereocenters. The quantitative estimate of drug-likeness (QED) is 0.727. The zero-order chi connectivity index (χ0) is 17.1. The van der Waals surface area contributed by atoms with Crippen LogP contribution in [0, 0.1) is 13.0 Å². The predicted molar refractivity (Wildman–Crippen MR) is 104 cm³/mol. The molecule has 1 radical (unpaired) electrons. The minimum atomic E-state index is 1.08. The summed E-state index contributed by atoms with van der Waals surface area (Å²) in [6, 6.07) is 22.3. The van der Waals surface area contributed by atoms with E-state index >= 15 is 0 Å². The molecule has 0 amide bonds. The van der Waals surface area contributed by atoms with E-state index < -0.39 is 0 Å². The second-order valence-electron chi connectivity index (χ2n) is 6.79. The first-order chi connectivity index (χ1) is 12.3. The summed E-state index contributed by atoms with van der Waals surface area (Å²) >= 11 is 0. The van der Waals surface area contributed by atoms with Gasteiger partial charge in [-0.05, 0) is 49.2 Å². The number of rotatable bonds is 4. The van der Waals surface area contributed by atoms with E-state index in [2.05, 4.69) is 76.3 Å². The molecule has 1 aliphatic rings. The van der Waals surface area contributed by atoms with Crippen LogP contribution in [0.4, 0.5) is 5.69 Å². The molecule has 3 aromatic rings. The van der Waals surface area contributed by atoms with E-state index in [9.17, 15) is 0 Å². The first kappa shape index (κ1) is 16.1. The molecule has 3 heteroatoms. The van der Waals surface area contributed by atoms with Gasteiger partial charge in [-0.1, -0.05) is 30.3 Å². The van der Waals surface area contributed by atoms with Crippen molar-refractivity contribution in [1.29, 1.82) is 0 Å². The van der Waals surface area contributed by atoms with Crippen molar-refractivity contribution in [2.45, 2.75) is 13.3 Å². The molecule has 0 bridgehead atoms. The van der Waals surface area contributed by atoms with Crippen LogP contribution in [0.3, 0.4) is 0 Å². The summed E-state index contributed by atoms with van der Waals surface area (Å²) in [6.07, 6.45) is 1.11. The Morgan fingerprint density at radius 1 is 1.00 bits per heavy atom. The molecular formula is C22H24N3. The molecule has 1 saturated heterocycles. The van der Waals surface area contributed by atoms with Crippen molar-refractivity contribution in [2.75, 3.05) is 37.6 Å². The molecule has 2 heterocycles. The van der Waals surface area contributed by atoms with E-state index in [1.54, 1.807) is 0 Å². The number of hydrogen-bond donors (Lipinski definition) is 0. The predicted octanol–water partition coefficient (Wildman–Crippen LogP) is 3.71. The van der Waals surface area contributed by atoms with Gasteiger partial charge in [-0.2, -0.15) is 0 Å². The van der Waals surface area contributed by atoms with Crippen molar-refractivity contribution in [1.82, 2.24) is 9.88 Å². The van der Waals surface area contributed by atoms with Gasteiger partial charge in [-0.15, -0.1) is 0 Å². The van der Waals surface area contributed by atoms with Gasteiger partial charge in [0.15, 0.2) is 0 Å². The minimum absolute atomic E-state index is 1.08. The second-order valence-corrected chi connectivity index (χ2v) is 6.79. The highest BCUT2D eigenvalue weighted by Gasteiger charge is 2.18. The maximum Gasteiger partial charge on any atom is 0.0726 e. The molecular weight excluding hydrogens is 306 g/mol. The fourth-order valence-electron chi connectivity index (χ4n) is 3.60. The molecule has 0 aliphatic carbocycles. The molecule has 1 aromatic heterocycles. The molecule has 3 nitrogen and oxygen atoms in total. The van der Waals surface area contributed by atoms with Crippen molar-refractivity contribution in [3.8, 4) is 0 Å². The van der Waals surface area contributed by atoms with Gasteiger partial charge in [0.05, 0.1) is 5.52 Å². The van der Waals surface area contributed by atoms with E-state index in [1.165, 1.54) is 16.6 Å².